The third-order valence-electron chi connectivity index (χ3n) is 5.81. The summed E-state index contributed by atoms with van der Waals surface area (Å²) < 4.78 is 5.59. The van der Waals surface area contributed by atoms with Crippen LogP contribution in [0.15, 0.2) is 53.5 Å². The van der Waals surface area contributed by atoms with Crippen molar-refractivity contribution in [3.05, 3.63) is 59.7 Å². The highest BCUT2D eigenvalue weighted by molar-refractivity contribution is 6.01. The fourth-order valence-electron chi connectivity index (χ4n) is 4.21. The molecule has 0 bridgehead atoms. The maximum Gasteiger partial charge on any atom is 0.120 e. The van der Waals surface area contributed by atoms with E-state index in [9.17, 15) is 5.11 Å². The van der Waals surface area contributed by atoms with Gasteiger partial charge in [0.1, 0.15) is 17.2 Å². The van der Waals surface area contributed by atoms with Gasteiger partial charge < -0.3 is 14.7 Å². The molecule has 0 aromatic heterocycles. The molecule has 28 heavy (non-hydrogen) atoms. The van der Waals surface area contributed by atoms with E-state index < -0.39 is 0 Å². The molecule has 4 rings (SSSR count). The van der Waals surface area contributed by atoms with Gasteiger partial charge in [-0.2, -0.15) is 0 Å². The molecule has 2 aliphatic rings. The molecule has 0 radical (unpaired) electrons. The van der Waals surface area contributed by atoms with Gasteiger partial charge in [-0.1, -0.05) is 18.2 Å². The number of phenols is 1. The van der Waals surface area contributed by atoms with Crippen LogP contribution in [0.4, 0.5) is 0 Å². The van der Waals surface area contributed by atoms with Crippen LogP contribution in [-0.2, 0) is 0 Å². The molecule has 1 spiro atoms. The van der Waals surface area contributed by atoms with E-state index in [2.05, 4.69) is 29.4 Å². The van der Waals surface area contributed by atoms with Crippen molar-refractivity contribution in [3.8, 4) is 11.5 Å². The van der Waals surface area contributed by atoms with Gasteiger partial charge in [0.05, 0.1) is 6.61 Å². The van der Waals surface area contributed by atoms with Crippen LogP contribution in [0.3, 0.4) is 0 Å². The van der Waals surface area contributed by atoms with Crippen LogP contribution in [0, 0.1) is 0 Å². The smallest absolute Gasteiger partial charge is 0.120 e. The van der Waals surface area contributed by atoms with E-state index in [0.717, 1.165) is 54.9 Å². The van der Waals surface area contributed by atoms with E-state index in [1.54, 1.807) is 6.07 Å². The summed E-state index contributed by atoms with van der Waals surface area (Å²) in [5.41, 5.74) is 2.90. The van der Waals surface area contributed by atoms with Crippen molar-refractivity contribution in [2.24, 2.45) is 4.99 Å². The fourth-order valence-corrected chi connectivity index (χ4v) is 4.21. The van der Waals surface area contributed by atoms with E-state index in [4.69, 9.17) is 9.73 Å². The van der Waals surface area contributed by atoms with Crippen LogP contribution in [-0.4, -0.2) is 48.1 Å². The summed E-state index contributed by atoms with van der Waals surface area (Å²) in [6.45, 7) is 4.68. The number of rotatable bonds is 4. The average Bonchev–Trinajstić information content (AvgIpc) is 2.71. The van der Waals surface area contributed by atoms with Crippen molar-refractivity contribution in [2.75, 3.05) is 26.7 Å². The van der Waals surface area contributed by atoms with Crippen LogP contribution in [0.1, 0.15) is 43.4 Å². The molecule has 0 aliphatic carbocycles. The zero-order chi connectivity index (χ0) is 19.6. The van der Waals surface area contributed by atoms with Crippen molar-refractivity contribution >= 4 is 5.71 Å². The van der Waals surface area contributed by atoms with E-state index in [0.29, 0.717) is 12.4 Å². The Balaban J connectivity index is 1.68. The molecule has 5 heteroatoms. The topological polar surface area (TPSA) is 57.1 Å². The number of phenolic OH excluding ortho intramolecular Hbond substituents is 1. The Morgan fingerprint density at radius 1 is 1.14 bits per heavy atom. The second kappa shape index (κ2) is 7.94. The van der Waals surface area contributed by atoms with Crippen LogP contribution in [0.5, 0.6) is 11.5 Å². The Labute approximate surface area is 167 Å². The molecular weight excluding hydrogens is 350 g/mol. The molecular formula is C23H29N3O2. The zero-order valence-corrected chi connectivity index (χ0v) is 16.7. The van der Waals surface area contributed by atoms with E-state index in [1.165, 1.54) is 0 Å². The van der Waals surface area contributed by atoms with Crippen molar-refractivity contribution in [2.45, 2.75) is 37.9 Å². The molecule has 5 nitrogen and oxygen atoms in total. The molecule has 2 heterocycles. The third-order valence-corrected chi connectivity index (χ3v) is 5.81. The monoisotopic (exact) mass is 379 g/mol. The first-order chi connectivity index (χ1) is 13.6. The van der Waals surface area contributed by atoms with E-state index >= 15 is 0 Å². The summed E-state index contributed by atoms with van der Waals surface area (Å²) in [5, 5.41) is 14.2. The van der Waals surface area contributed by atoms with Crippen molar-refractivity contribution < 1.29 is 9.84 Å². The number of para-hydroxylation sites is 1. The zero-order valence-electron chi connectivity index (χ0n) is 16.7. The number of hydrogen-bond donors (Lipinski definition) is 2. The van der Waals surface area contributed by atoms with Gasteiger partial charge in [0, 0.05) is 36.8 Å². The number of benzene rings is 2. The maximum atomic E-state index is 10.4. The molecule has 1 fully saturated rings. The molecule has 2 aromatic carbocycles. The minimum Gasteiger partial charge on any atom is -0.508 e. The van der Waals surface area contributed by atoms with E-state index in [-0.39, 0.29) is 11.7 Å². The minimum absolute atomic E-state index is 0.0451. The molecule has 148 valence electrons. The van der Waals surface area contributed by atoms with Gasteiger partial charge in [-0.05, 0) is 62.7 Å². The summed E-state index contributed by atoms with van der Waals surface area (Å²) >= 11 is 0. The van der Waals surface area contributed by atoms with Crippen LogP contribution >= 0.6 is 0 Å². The first kappa shape index (κ1) is 19.0. The maximum absolute atomic E-state index is 10.4. The Morgan fingerprint density at radius 3 is 2.54 bits per heavy atom. The fraction of sp³-hybridized carbons (Fsp3) is 0.435. The number of likely N-dealkylation sites (tertiary alicyclic amines) is 1. The number of nitrogens with zero attached hydrogens (tertiary/aromatic N) is 2. The lowest BCUT2D eigenvalue weighted by atomic mass is 9.87. The second-order valence-corrected chi connectivity index (χ2v) is 7.81. The largest absolute Gasteiger partial charge is 0.508 e. The summed E-state index contributed by atoms with van der Waals surface area (Å²) in [5.74, 6) is 1.23. The van der Waals surface area contributed by atoms with Gasteiger partial charge in [-0.3, -0.25) is 10.3 Å². The first-order valence-corrected chi connectivity index (χ1v) is 10.1. The van der Waals surface area contributed by atoms with Crippen LogP contribution < -0.4 is 10.1 Å². The minimum atomic E-state index is -0.272. The Kier molecular flexibility index (Phi) is 5.38. The van der Waals surface area contributed by atoms with Gasteiger partial charge in [-0.25, -0.2) is 0 Å². The molecule has 0 amide bonds. The summed E-state index contributed by atoms with van der Waals surface area (Å²) in [7, 11) is 2.16. The molecule has 2 N–H and O–H groups in total. The molecule has 2 aromatic rings. The highest BCUT2D eigenvalue weighted by Crippen LogP contribution is 2.37. The van der Waals surface area contributed by atoms with Gasteiger partial charge in [0.2, 0.25) is 0 Å². The van der Waals surface area contributed by atoms with E-state index in [1.807, 2.05) is 37.3 Å². The van der Waals surface area contributed by atoms with Gasteiger partial charge in [0.25, 0.3) is 0 Å². The Bertz CT molecular complexity index is 839. The number of nitrogens with one attached hydrogen (secondary N) is 1. The SMILES string of the molecule is CCOc1ccc(C2=NC3(CCN(C)CC3)NC(c3ccccc3O)C2)cc1. The summed E-state index contributed by atoms with van der Waals surface area (Å²) in [6.07, 6.45) is 2.69. The number of hydrogen-bond acceptors (Lipinski definition) is 5. The predicted molar refractivity (Wildman–Crippen MR) is 112 cm³/mol. The predicted octanol–water partition coefficient (Wildman–Crippen LogP) is 3.74. The molecule has 1 unspecified atom stereocenters. The number of ether oxygens (including phenoxy) is 1. The molecule has 2 aliphatic heterocycles. The standard InChI is InChI=1S/C23H29N3O2/c1-3-28-18-10-8-17(9-11-18)20-16-21(19-6-4-5-7-22(19)27)25-23(24-20)12-14-26(2)15-13-23/h4-11,21,25,27H,3,12-16H2,1-2H3. The highest BCUT2D eigenvalue weighted by Gasteiger charge is 2.39. The van der Waals surface area contributed by atoms with Gasteiger partial charge in [-0.15, -0.1) is 0 Å². The molecule has 1 saturated heterocycles. The lowest BCUT2D eigenvalue weighted by Gasteiger charge is -2.44. The lowest BCUT2D eigenvalue weighted by molar-refractivity contribution is 0.144. The van der Waals surface area contributed by atoms with Crippen LogP contribution in [0.25, 0.3) is 0 Å². The number of aromatic hydroxyl groups is 1. The lowest BCUT2D eigenvalue weighted by Crippen LogP contribution is -2.55. The Morgan fingerprint density at radius 2 is 1.86 bits per heavy atom. The summed E-state index contributed by atoms with van der Waals surface area (Å²) in [4.78, 5) is 7.56. The number of aliphatic imine (C=N–C) groups is 1. The first-order valence-electron chi connectivity index (χ1n) is 10.1. The quantitative estimate of drug-likeness (QED) is 0.850. The Hall–Kier alpha value is -2.37. The average molecular weight is 380 g/mol. The number of piperidine rings is 1. The molecule has 0 saturated carbocycles. The van der Waals surface area contributed by atoms with Crippen molar-refractivity contribution in [1.82, 2.24) is 10.2 Å². The molecule has 1 atom stereocenters. The van der Waals surface area contributed by atoms with Crippen LogP contribution in [0.2, 0.25) is 0 Å². The summed E-state index contributed by atoms with van der Waals surface area (Å²) in [6, 6.07) is 15.9. The third kappa shape index (κ3) is 3.91. The van der Waals surface area contributed by atoms with Gasteiger partial charge in [0.15, 0.2) is 0 Å². The van der Waals surface area contributed by atoms with Gasteiger partial charge >= 0.3 is 0 Å². The van der Waals surface area contributed by atoms with Crippen molar-refractivity contribution in [3.63, 3.8) is 0 Å². The normalized spacial score (nSPS) is 22.1. The second-order valence-electron chi connectivity index (χ2n) is 7.81. The highest BCUT2D eigenvalue weighted by atomic mass is 16.5. The van der Waals surface area contributed by atoms with Crippen molar-refractivity contribution in [1.29, 1.82) is 0 Å².